The number of sulfonamides is 1. The maximum Gasteiger partial charge on any atom is 0.295 e. The number of benzene rings is 1. The number of hydrogen-bond acceptors (Lipinski definition) is 5. The van der Waals surface area contributed by atoms with E-state index in [0.29, 0.717) is 33.1 Å². The molecule has 0 spiro atoms. The first-order valence-electron chi connectivity index (χ1n) is 8.75. The number of anilines is 1. The number of nitrogens with one attached hydrogen (secondary N) is 2. The first kappa shape index (κ1) is 19.7. The van der Waals surface area contributed by atoms with Gasteiger partial charge in [0.15, 0.2) is 5.58 Å². The van der Waals surface area contributed by atoms with E-state index in [1.165, 1.54) is 0 Å². The lowest BCUT2D eigenvalue weighted by Crippen LogP contribution is -2.41. The van der Waals surface area contributed by atoms with Gasteiger partial charge in [0.1, 0.15) is 5.52 Å². The third kappa shape index (κ3) is 4.63. The van der Waals surface area contributed by atoms with Crippen LogP contribution in [0.25, 0.3) is 11.1 Å². The highest BCUT2D eigenvalue weighted by atomic mass is 35.5. The molecule has 1 saturated carbocycles. The molecule has 0 bridgehead atoms. The summed E-state index contributed by atoms with van der Waals surface area (Å²) in [6.07, 6.45) is 3.60. The van der Waals surface area contributed by atoms with Crippen molar-refractivity contribution >= 4 is 50.3 Å². The molecule has 2 N–H and O–H groups in total. The van der Waals surface area contributed by atoms with E-state index in [1.807, 2.05) is 0 Å². The molecule has 3 rings (SSSR count). The highest BCUT2D eigenvalue weighted by molar-refractivity contribution is 7.90. The van der Waals surface area contributed by atoms with E-state index in [0.717, 1.165) is 32.2 Å². The minimum atomic E-state index is -3.20. The lowest BCUT2D eigenvalue weighted by molar-refractivity contribution is 0.322. The Bertz CT molecular complexity index is 836. The van der Waals surface area contributed by atoms with Crippen molar-refractivity contribution in [2.24, 2.45) is 5.92 Å². The van der Waals surface area contributed by atoms with E-state index >= 15 is 0 Å². The smallest absolute Gasteiger partial charge is 0.295 e. The van der Waals surface area contributed by atoms with Gasteiger partial charge in [-0.25, -0.2) is 13.1 Å². The van der Waals surface area contributed by atoms with Crippen LogP contribution in [-0.4, -0.2) is 31.2 Å². The molecule has 0 aliphatic heterocycles. The number of oxazole rings is 1. The van der Waals surface area contributed by atoms with Crippen LogP contribution in [0.4, 0.5) is 6.01 Å². The topological polar surface area (TPSA) is 84.2 Å². The summed E-state index contributed by atoms with van der Waals surface area (Å²) in [6, 6.07) is 3.82. The van der Waals surface area contributed by atoms with Gasteiger partial charge in [-0.05, 0) is 51.5 Å². The molecule has 9 heteroatoms. The summed E-state index contributed by atoms with van der Waals surface area (Å²) in [6.45, 7) is 4.12. The maximum absolute atomic E-state index is 12.0. The molecule has 1 fully saturated rings. The second kappa shape index (κ2) is 7.92. The van der Waals surface area contributed by atoms with Gasteiger partial charge in [-0.3, -0.25) is 0 Å². The predicted molar refractivity (Wildman–Crippen MR) is 105 cm³/mol. The molecule has 1 aromatic carbocycles. The molecule has 0 saturated heterocycles. The lowest BCUT2D eigenvalue weighted by Gasteiger charge is -2.29. The molecule has 0 radical (unpaired) electrons. The highest BCUT2D eigenvalue weighted by Crippen LogP contribution is 2.30. The van der Waals surface area contributed by atoms with Crippen molar-refractivity contribution in [2.45, 2.75) is 50.8 Å². The van der Waals surface area contributed by atoms with Crippen LogP contribution in [0.15, 0.2) is 16.5 Å². The van der Waals surface area contributed by atoms with Crippen LogP contribution in [0.2, 0.25) is 10.0 Å². The summed E-state index contributed by atoms with van der Waals surface area (Å²) in [7, 11) is -3.20. The number of halogens is 2. The quantitative estimate of drug-likeness (QED) is 0.722. The van der Waals surface area contributed by atoms with Gasteiger partial charge in [-0.2, -0.15) is 4.98 Å². The maximum atomic E-state index is 12.0. The van der Waals surface area contributed by atoms with E-state index in [4.69, 9.17) is 27.6 Å². The summed E-state index contributed by atoms with van der Waals surface area (Å²) in [5.74, 6) is 0.456. The Balaban J connectivity index is 1.51. The van der Waals surface area contributed by atoms with E-state index < -0.39 is 15.3 Å². The van der Waals surface area contributed by atoms with Crippen molar-refractivity contribution in [3.8, 4) is 0 Å². The molecule has 0 unspecified atom stereocenters. The fraction of sp³-hybridized carbons (Fsp3) is 0.588. The van der Waals surface area contributed by atoms with Gasteiger partial charge in [0.2, 0.25) is 10.0 Å². The van der Waals surface area contributed by atoms with E-state index in [-0.39, 0.29) is 6.04 Å². The van der Waals surface area contributed by atoms with Crippen molar-refractivity contribution in [3.05, 3.63) is 22.2 Å². The van der Waals surface area contributed by atoms with Gasteiger partial charge >= 0.3 is 0 Å². The summed E-state index contributed by atoms with van der Waals surface area (Å²) in [4.78, 5) is 4.37. The second-order valence-electron chi connectivity index (χ2n) is 7.06. The van der Waals surface area contributed by atoms with Gasteiger partial charge in [0, 0.05) is 18.7 Å². The van der Waals surface area contributed by atoms with Crippen LogP contribution >= 0.6 is 23.2 Å². The van der Waals surface area contributed by atoms with Gasteiger partial charge in [0.05, 0.1) is 15.3 Å². The normalized spacial score (nSPS) is 21.4. The summed E-state index contributed by atoms with van der Waals surface area (Å²) in [5.41, 5.74) is 1.25. The Morgan fingerprint density at radius 2 is 1.85 bits per heavy atom. The fourth-order valence-electron chi connectivity index (χ4n) is 3.08. The molecule has 2 aromatic rings. The van der Waals surface area contributed by atoms with Gasteiger partial charge in [-0.15, -0.1) is 0 Å². The highest BCUT2D eigenvalue weighted by Gasteiger charge is 2.26. The Morgan fingerprint density at radius 3 is 2.50 bits per heavy atom. The number of fused-ring (bicyclic) bond motifs is 1. The third-order valence-electron chi connectivity index (χ3n) is 4.77. The van der Waals surface area contributed by atoms with Crippen molar-refractivity contribution < 1.29 is 12.8 Å². The number of nitrogens with zero attached hydrogens (tertiary/aromatic N) is 1. The number of hydrogen-bond donors (Lipinski definition) is 2. The molecular formula is C17H23Cl2N3O3S. The summed E-state index contributed by atoms with van der Waals surface area (Å²) in [5, 5.41) is 3.70. The first-order chi connectivity index (χ1) is 12.2. The predicted octanol–water partition coefficient (Wildman–Crippen LogP) is 4.43. The molecular weight excluding hydrogens is 397 g/mol. The molecule has 144 valence electrons. The average molecular weight is 420 g/mol. The van der Waals surface area contributed by atoms with Gasteiger partial charge in [0.25, 0.3) is 6.01 Å². The zero-order valence-electron chi connectivity index (χ0n) is 14.8. The largest absolute Gasteiger partial charge is 0.424 e. The molecule has 6 nitrogen and oxygen atoms in total. The zero-order valence-corrected chi connectivity index (χ0v) is 17.1. The number of aromatic nitrogens is 1. The van der Waals surface area contributed by atoms with Gasteiger partial charge in [-0.1, -0.05) is 23.2 Å². The molecule has 26 heavy (non-hydrogen) atoms. The number of rotatable bonds is 6. The Labute approximate surface area is 163 Å². The lowest BCUT2D eigenvalue weighted by atomic mass is 9.86. The van der Waals surface area contributed by atoms with Gasteiger partial charge < -0.3 is 9.73 Å². The SMILES string of the molecule is CC(C)S(=O)(=O)NC1CCC(CNc2nc3cc(Cl)c(Cl)cc3o2)CC1. The van der Waals surface area contributed by atoms with Crippen LogP contribution in [0, 0.1) is 5.92 Å². The van der Waals surface area contributed by atoms with Crippen LogP contribution in [0.5, 0.6) is 0 Å². The molecule has 1 aliphatic rings. The van der Waals surface area contributed by atoms with Crippen molar-refractivity contribution in [1.29, 1.82) is 0 Å². The zero-order chi connectivity index (χ0) is 18.9. The van der Waals surface area contributed by atoms with Crippen LogP contribution in [0.3, 0.4) is 0 Å². The Morgan fingerprint density at radius 1 is 1.19 bits per heavy atom. The first-order valence-corrected chi connectivity index (χ1v) is 11.1. The Hall–Kier alpha value is -1.02. The molecule has 1 aromatic heterocycles. The fourth-order valence-corrected chi connectivity index (χ4v) is 4.37. The average Bonchev–Trinajstić information content (AvgIpc) is 2.96. The van der Waals surface area contributed by atoms with E-state index in [2.05, 4.69) is 15.0 Å². The van der Waals surface area contributed by atoms with E-state index in [9.17, 15) is 8.42 Å². The third-order valence-corrected chi connectivity index (χ3v) is 7.40. The monoisotopic (exact) mass is 419 g/mol. The van der Waals surface area contributed by atoms with Crippen molar-refractivity contribution in [3.63, 3.8) is 0 Å². The molecule has 1 aliphatic carbocycles. The standard InChI is InChI=1S/C17H23Cl2N3O3S/c1-10(2)26(23,24)22-12-5-3-11(4-6-12)9-20-17-21-15-7-13(18)14(19)8-16(15)25-17/h7-8,10-12,22H,3-6,9H2,1-2H3,(H,20,21). The summed E-state index contributed by atoms with van der Waals surface area (Å²) >= 11 is 12.0. The second-order valence-corrected chi connectivity index (χ2v) is 10.1. The molecule has 0 atom stereocenters. The minimum Gasteiger partial charge on any atom is -0.424 e. The van der Waals surface area contributed by atoms with Crippen LogP contribution < -0.4 is 10.0 Å². The van der Waals surface area contributed by atoms with Crippen molar-refractivity contribution in [2.75, 3.05) is 11.9 Å². The molecule has 1 heterocycles. The van der Waals surface area contributed by atoms with E-state index in [1.54, 1.807) is 26.0 Å². The van der Waals surface area contributed by atoms with Crippen LogP contribution in [-0.2, 0) is 10.0 Å². The summed E-state index contributed by atoms with van der Waals surface area (Å²) < 4.78 is 32.4. The minimum absolute atomic E-state index is 0.0345. The Kier molecular flexibility index (Phi) is 6.01. The molecule has 0 amide bonds. The van der Waals surface area contributed by atoms with Crippen molar-refractivity contribution in [1.82, 2.24) is 9.71 Å². The van der Waals surface area contributed by atoms with Crippen LogP contribution in [0.1, 0.15) is 39.5 Å².